The summed E-state index contributed by atoms with van der Waals surface area (Å²) in [7, 11) is -4.25. The molecule has 1 aliphatic rings. The Hall–Kier alpha value is -3.17. The van der Waals surface area contributed by atoms with E-state index in [0.717, 1.165) is 18.5 Å². The maximum absolute atomic E-state index is 13.1. The highest BCUT2D eigenvalue weighted by atomic mass is 35.5. The lowest BCUT2D eigenvalue weighted by molar-refractivity contribution is 0.0981. The number of benzene rings is 1. The molecule has 2 aromatic heterocycles. The molecular weight excluding hydrogens is 488 g/mol. The topological polar surface area (TPSA) is 101 Å². The van der Waals surface area contributed by atoms with Crippen molar-refractivity contribution in [2.45, 2.75) is 44.4 Å². The number of hydrogen-bond donors (Lipinski definition) is 1. The fraction of sp³-hybridized carbons (Fsp3) is 0.320. The van der Waals surface area contributed by atoms with Crippen molar-refractivity contribution in [3.8, 4) is 5.88 Å². The minimum Gasteiger partial charge on any atom is -0.473 e. The monoisotopic (exact) mass is 514 g/mol. The van der Waals surface area contributed by atoms with Crippen LogP contribution in [0.15, 0.2) is 65.8 Å². The number of carbonyl (C=O) groups is 1. The van der Waals surface area contributed by atoms with E-state index in [9.17, 15) is 13.2 Å². The van der Waals surface area contributed by atoms with Crippen molar-refractivity contribution < 1.29 is 17.9 Å². The highest BCUT2D eigenvalue weighted by Crippen LogP contribution is 2.38. The molecule has 0 saturated carbocycles. The SMILES string of the molecule is CC1CCN(c2ncccc2C(=O)NS(=O)(=O)c2cccc(OCc3ccc(Cl)cc3)n2)C1(C)C. The highest BCUT2D eigenvalue weighted by Gasteiger charge is 2.40. The third-order valence-corrected chi connectivity index (χ3v) is 7.96. The molecule has 10 heteroatoms. The van der Waals surface area contributed by atoms with Crippen molar-refractivity contribution in [1.82, 2.24) is 14.7 Å². The molecule has 1 saturated heterocycles. The number of nitrogens with one attached hydrogen (secondary N) is 1. The van der Waals surface area contributed by atoms with E-state index in [1.807, 2.05) is 0 Å². The van der Waals surface area contributed by atoms with E-state index in [2.05, 4.69) is 40.4 Å². The predicted octanol–water partition coefficient (Wildman–Crippen LogP) is 4.45. The first kappa shape index (κ1) is 24.9. The molecule has 8 nitrogen and oxygen atoms in total. The molecule has 4 rings (SSSR count). The molecule has 1 unspecified atom stereocenters. The molecule has 1 amide bonds. The van der Waals surface area contributed by atoms with E-state index < -0.39 is 15.9 Å². The number of halogens is 1. The van der Waals surface area contributed by atoms with Crippen molar-refractivity contribution in [3.05, 3.63) is 76.9 Å². The number of carbonyl (C=O) groups excluding carboxylic acids is 1. The summed E-state index contributed by atoms with van der Waals surface area (Å²) in [5.74, 6) is 0.203. The molecule has 0 aliphatic carbocycles. The van der Waals surface area contributed by atoms with Gasteiger partial charge in [0, 0.05) is 29.4 Å². The number of rotatable bonds is 7. The van der Waals surface area contributed by atoms with Crippen molar-refractivity contribution >= 4 is 33.3 Å². The molecule has 0 bridgehead atoms. The molecule has 184 valence electrons. The quantitative estimate of drug-likeness (QED) is 0.497. The Morgan fingerprint density at radius 2 is 1.91 bits per heavy atom. The van der Waals surface area contributed by atoms with Gasteiger partial charge in [0.15, 0.2) is 5.03 Å². The Kier molecular flexibility index (Phi) is 7.00. The van der Waals surface area contributed by atoms with Gasteiger partial charge < -0.3 is 9.64 Å². The van der Waals surface area contributed by atoms with Crippen LogP contribution in [0, 0.1) is 5.92 Å². The van der Waals surface area contributed by atoms with E-state index >= 15 is 0 Å². The minimum atomic E-state index is -4.25. The number of nitrogens with zero attached hydrogens (tertiary/aromatic N) is 3. The van der Waals surface area contributed by atoms with Crippen LogP contribution in [0.5, 0.6) is 5.88 Å². The van der Waals surface area contributed by atoms with Gasteiger partial charge in [0.05, 0.1) is 5.56 Å². The summed E-state index contributed by atoms with van der Waals surface area (Å²) in [6, 6.07) is 14.6. The van der Waals surface area contributed by atoms with Crippen LogP contribution < -0.4 is 14.4 Å². The van der Waals surface area contributed by atoms with E-state index in [0.29, 0.717) is 16.8 Å². The number of aromatic nitrogens is 2. The minimum absolute atomic E-state index is 0.116. The molecule has 1 atom stereocenters. The van der Waals surface area contributed by atoms with E-state index in [4.69, 9.17) is 16.3 Å². The van der Waals surface area contributed by atoms with Crippen LogP contribution in [0.1, 0.15) is 43.1 Å². The number of anilines is 1. The second-order valence-electron chi connectivity index (χ2n) is 9.03. The number of pyridine rings is 2. The molecule has 1 N–H and O–H groups in total. The van der Waals surface area contributed by atoms with Gasteiger partial charge in [0.25, 0.3) is 15.9 Å². The number of amides is 1. The van der Waals surface area contributed by atoms with Gasteiger partial charge >= 0.3 is 0 Å². The fourth-order valence-corrected chi connectivity index (χ4v) is 5.04. The van der Waals surface area contributed by atoms with Crippen LogP contribution in [0.3, 0.4) is 0 Å². The molecule has 0 spiro atoms. The largest absolute Gasteiger partial charge is 0.473 e. The van der Waals surface area contributed by atoms with Gasteiger partial charge in [-0.1, -0.05) is 36.7 Å². The first-order valence-electron chi connectivity index (χ1n) is 11.2. The second-order valence-corrected chi connectivity index (χ2v) is 11.1. The highest BCUT2D eigenvalue weighted by molar-refractivity contribution is 7.90. The zero-order valence-electron chi connectivity index (χ0n) is 19.7. The Morgan fingerprint density at radius 3 is 2.60 bits per heavy atom. The summed E-state index contributed by atoms with van der Waals surface area (Å²) in [6.45, 7) is 7.26. The smallest absolute Gasteiger partial charge is 0.281 e. The zero-order chi connectivity index (χ0) is 25.2. The summed E-state index contributed by atoms with van der Waals surface area (Å²) in [4.78, 5) is 23.7. The Labute approximate surface area is 210 Å². The second kappa shape index (κ2) is 9.83. The number of ether oxygens (including phenoxy) is 1. The average Bonchev–Trinajstić information content (AvgIpc) is 3.10. The third kappa shape index (κ3) is 5.41. The molecule has 3 aromatic rings. The van der Waals surface area contributed by atoms with E-state index in [1.165, 1.54) is 12.1 Å². The number of sulfonamides is 1. The standard InChI is InChI=1S/C25H27ClN4O4S/c1-17-13-15-30(25(17,2)3)23-20(6-5-14-27-23)24(31)29-35(32,33)22-8-4-7-21(28-22)34-16-18-9-11-19(26)12-10-18/h4-12,14,17H,13,15-16H2,1-3H3,(H,29,31). The van der Waals surface area contributed by atoms with Gasteiger partial charge in [-0.3, -0.25) is 4.79 Å². The van der Waals surface area contributed by atoms with Crippen LogP contribution in [-0.4, -0.2) is 36.4 Å². The summed E-state index contributed by atoms with van der Waals surface area (Å²) in [5, 5.41) is 0.287. The Balaban J connectivity index is 1.52. The van der Waals surface area contributed by atoms with E-state index in [1.54, 1.807) is 48.7 Å². The summed E-state index contributed by atoms with van der Waals surface area (Å²) in [6.07, 6.45) is 2.55. The van der Waals surface area contributed by atoms with Crippen LogP contribution in [-0.2, 0) is 16.6 Å². The van der Waals surface area contributed by atoms with Crippen molar-refractivity contribution in [2.24, 2.45) is 5.92 Å². The summed E-state index contributed by atoms with van der Waals surface area (Å²) >= 11 is 5.89. The van der Waals surface area contributed by atoms with Crippen LogP contribution in [0.25, 0.3) is 0 Å². The maximum atomic E-state index is 13.1. The third-order valence-electron chi connectivity index (χ3n) is 6.47. The lowest BCUT2D eigenvalue weighted by Gasteiger charge is -2.36. The molecule has 0 radical (unpaired) electrons. The normalized spacial score (nSPS) is 17.3. The molecule has 1 aromatic carbocycles. The van der Waals surface area contributed by atoms with Gasteiger partial charge in [0.1, 0.15) is 12.4 Å². The lowest BCUT2D eigenvalue weighted by Crippen LogP contribution is -2.43. The molecule has 3 heterocycles. The zero-order valence-corrected chi connectivity index (χ0v) is 21.3. The van der Waals surface area contributed by atoms with Crippen molar-refractivity contribution in [1.29, 1.82) is 0 Å². The van der Waals surface area contributed by atoms with Crippen molar-refractivity contribution in [3.63, 3.8) is 0 Å². The van der Waals surface area contributed by atoms with Gasteiger partial charge in [-0.2, -0.15) is 13.4 Å². The average molecular weight is 515 g/mol. The predicted molar refractivity (Wildman–Crippen MR) is 134 cm³/mol. The first-order valence-corrected chi connectivity index (χ1v) is 13.1. The molecule has 35 heavy (non-hydrogen) atoms. The van der Waals surface area contributed by atoms with Gasteiger partial charge in [-0.15, -0.1) is 0 Å². The summed E-state index contributed by atoms with van der Waals surface area (Å²) < 4.78 is 33.7. The first-order chi connectivity index (χ1) is 16.6. The number of hydrogen-bond acceptors (Lipinski definition) is 7. The van der Waals surface area contributed by atoms with Crippen LogP contribution >= 0.6 is 11.6 Å². The van der Waals surface area contributed by atoms with Gasteiger partial charge in [-0.25, -0.2) is 9.71 Å². The van der Waals surface area contributed by atoms with E-state index in [-0.39, 0.29) is 28.6 Å². The van der Waals surface area contributed by atoms with Crippen LogP contribution in [0.2, 0.25) is 5.02 Å². The molecular formula is C25H27ClN4O4S. The fourth-order valence-electron chi connectivity index (χ4n) is 3.99. The molecule has 1 aliphatic heterocycles. The molecule has 1 fully saturated rings. The summed E-state index contributed by atoms with van der Waals surface area (Å²) in [5.41, 5.74) is 0.814. The Bertz CT molecular complexity index is 1330. The maximum Gasteiger partial charge on any atom is 0.281 e. The van der Waals surface area contributed by atoms with Gasteiger partial charge in [0.2, 0.25) is 5.88 Å². The van der Waals surface area contributed by atoms with Gasteiger partial charge in [-0.05, 0) is 62.1 Å². The van der Waals surface area contributed by atoms with Crippen molar-refractivity contribution in [2.75, 3.05) is 11.4 Å². The lowest BCUT2D eigenvalue weighted by atomic mass is 9.90. The van der Waals surface area contributed by atoms with Crippen LogP contribution in [0.4, 0.5) is 5.82 Å². The Morgan fingerprint density at radius 1 is 1.17 bits per heavy atom.